The van der Waals surface area contributed by atoms with Crippen molar-refractivity contribution in [1.82, 2.24) is 0 Å². The van der Waals surface area contributed by atoms with Crippen molar-refractivity contribution in [2.75, 3.05) is 0 Å². The van der Waals surface area contributed by atoms with Crippen LogP contribution in [0.2, 0.25) is 0 Å². The zero-order valence-corrected chi connectivity index (χ0v) is 12.3. The molecule has 0 aromatic heterocycles. The second-order valence-corrected chi connectivity index (χ2v) is 6.43. The fraction of sp³-hybridized carbons (Fsp3) is 0.286. The molecule has 0 saturated heterocycles. The number of allylic oxidation sites excluding steroid dienone is 2. The minimum atomic E-state index is 0.843. The van der Waals surface area contributed by atoms with Gasteiger partial charge in [-0.25, -0.2) is 0 Å². The van der Waals surface area contributed by atoms with Gasteiger partial charge >= 0.3 is 0 Å². The summed E-state index contributed by atoms with van der Waals surface area (Å²) < 4.78 is 0. The summed E-state index contributed by atoms with van der Waals surface area (Å²) in [7, 11) is 0. The lowest BCUT2D eigenvalue weighted by Crippen LogP contribution is -2.07. The molecule has 1 saturated carbocycles. The Labute approximate surface area is 127 Å². The van der Waals surface area contributed by atoms with Crippen molar-refractivity contribution in [3.05, 3.63) is 78.7 Å². The van der Waals surface area contributed by atoms with E-state index in [-0.39, 0.29) is 0 Å². The zero-order valence-electron chi connectivity index (χ0n) is 12.3. The van der Waals surface area contributed by atoms with Crippen molar-refractivity contribution in [3.63, 3.8) is 0 Å². The number of fused-ring (bicyclic) bond motifs is 2. The largest absolute Gasteiger partial charge is 0.0851 e. The molecule has 0 N–H and O–H groups in total. The Balaban J connectivity index is 1.52. The van der Waals surface area contributed by atoms with Crippen LogP contribution in [-0.4, -0.2) is 0 Å². The molecule has 0 heteroatoms. The van der Waals surface area contributed by atoms with Gasteiger partial charge in [0.15, 0.2) is 0 Å². The molecule has 0 spiro atoms. The number of rotatable bonds is 4. The zero-order chi connectivity index (χ0) is 14.1. The van der Waals surface area contributed by atoms with Crippen LogP contribution in [0.25, 0.3) is 11.1 Å². The van der Waals surface area contributed by atoms with E-state index in [4.69, 9.17) is 0 Å². The maximum atomic E-state index is 2.46. The molecule has 2 bridgehead atoms. The van der Waals surface area contributed by atoms with E-state index in [1.807, 2.05) is 0 Å². The molecule has 2 aliphatic rings. The van der Waals surface area contributed by atoms with Crippen LogP contribution < -0.4 is 0 Å². The number of hydrogen-bond donors (Lipinski definition) is 0. The molecule has 4 rings (SSSR count). The third-order valence-corrected chi connectivity index (χ3v) is 5.10. The van der Waals surface area contributed by atoms with E-state index >= 15 is 0 Å². The molecule has 2 aromatic carbocycles. The maximum absolute atomic E-state index is 2.46. The Morgan fingerprint density at radius 1 is 0.857 bits per heavy atom. The van der Waals surface area contributed by atoms with Gasteiger partial charge in [0.1, 0.15) is 0 Å². The molecule has 3 atom stereocenters. The van der Waals surface area contributed by atoms with Crippen molar-refractivity contribution in [2.45, 2.75) is 19.3 Å². The van der Waals surface area contributed by atoms with Crippen LogP contribution in [0.4, 0.5) is 0 Å². The third kappa shape index (κ3) is 2.55. The Kier molecular flexibility index (Phi) is 3.39. The summed E-state index contributed by atoms with van der Waals surface area (Å²) in [5.74, 6) is 2.58. The van der Waals surface area contributed by atoms with Gasteiger partial charge in [-0.3, -0.25) is 0 Å². The van der Waals surface area contributed by atoms with Crippen molar-refractivity contribution < 1.29 is 0 Å². The van der Waals surface area contributed by atoms with Crippen LogP contribution in [0, 0.1) is 24.2 Å². The Morgan fingerprint density at radius 2 is 1.67 bits per heavy atom. The van der Waals surface area contributed by atoms with E-state index in [1.165, 1.54) is 36.0 Å². The minimum absolute atomic E-state index is 0.843. The van der Waals surface area contributed by atoms with Crippen molar-refractivity contribution in [3.8, 4) is 11.1 Å². The molecule has 105 valence electrons. The Bertz CT molecular complexity index is 638. The first-order valence-corrected chi connectivity index (χ1v) is 8.06. The Hall–Kier alpha value is -1.82. The summed E-state index contributed by atoms with van der Waals surface area (Å²) in [6.45, 7) is 0. The summed E-state index contributed by atoms with van der Waals surface area (Å²) in [6.07, 6.45) is 11.4. The van der Waals surface area contributed by atoms with E-state index in [9.17, 15) is 0 Å². The second-order valence-electron chi connectivity index (χ2n) is 6.43. The predicted octanol–water partition coefficient (Wildman–Crippen LogP) is 5.51. The fourth-order valence-corrected chi connectivity index (χ4v) is 4.00. The molecular weight excluding hydrogens is 252 g/mol. The highest BCUT2D eigenvalue weighted by atomic mass is 14.4. The summed E-state index contributed by atoms with van der Waals surface area (Å²) in [4.78, 5) is 0. The van der Waals surface area contributed by atoms with Crippen molar-refractivity contribution in [1.29, 1.82) is 0 Å². The van der Waals surface area contributed by atoms with E-state index in [0.29, 0.717) is 0 Å². The van der Waals surface area contributed by atoms with Gasteiger partial charge in [0.2, 0.25) is 0 Å². The van der Waals surface area contributed by atoms with Crippen molar-refractivity contribution in [2.24, 2.45) is 17.8 Å². The van der Waals surface area contributed by atoms with Gasteiger partial charge in [-0.1, -0.05) is 66.7 Å². The highest BCUT2D eigenvalue weighted by Gasteiger charge is 2.35. The Morgan fingerprint density at radius 3 is 2.43 bits per heavy atom. The summed E-state index contributed by atoms with van der Waals surface area (Å²) >= 11 is 0. The SMILES string of the molecule is [CH](CC1CC2C=CC1C2)c1ccccc1-c1ccccc1. The number of benzene rings is 2. The molecule has 0 heterocycles. The fourth-order valence-electron chi connectivity index (χ4n) is 4.00. The van der Waals surface area contributed by atoms with Crippen LogP contribution in [0.5, 0.6) is 0 Å². The van der Waals surface area contributed by atoms with Gasteiger partial charge in [-0.15, -0.1) is 0 Å². The van der Waals surface area contributed by atoms with Gasteiger partial charge in [0.25, 0.3) is 0 Å². The van der Waals surface area contributed by atoms with Gasteiger partial charge < -0.3 is 0 Å². The monoisotopic (exact) mass is 273 g/mol. The van der Waals surface area contributed by atoms with Gasteiger partial charge in [-0.2, -0.15) is 0 Å². The molecule has 0 nitrogen and oxygen atoms in total. The van der Waals surface area contributed by atoms with E-state index < -0.39 is 0 Å². The van der Waals surface area contributed by atoms with E-state index in [0.717, 1.165) is 17.8 Å². The van der Waals surface area contributed by atoms with E-state index in [2.05, 4.69) is 73.2 Å². The van der Waals surface area contributed by atoms with Crippen LogP contribution >= 0.6 is 0 Å². The lowest BCUT2D eigenvalue weighted by molar-refractivity contribution is 0.444. The summed E-state index contributed by atoms with van der Waals surface area (Å²) in [6, 6.07) is 19.5. The maximum Gasteiger partial charge on any atom is -0.00838 e. The normalized spacial score (nSPS) is 26.4. The highest BCUT2D eigenvalue weighted by molar-refractivity contribution is 5.68. The lowest BCUT2D eigenvalue weighted by atomic mass is 9.86. The quantitative estimate of drug-likeness (QED) is 0.644. The average molecular weight is 273 g/mol. The molecule has 1 radical (unpaired) electrons. The first-order valence-electron chi connectivity index (χ1n) is 8.06. The predicted molar refractivity (Wildman–Crippen MR) is 88.7 cm³/mol. The third-order valence-electron chi connectivity index (χ3n) is 5.10. The lowest BCUT2D eigenvalue weighted by Gasteiger charge is -2.18. The van der Waals surface area contributed by atoms with Crippen LogP contribution in [-0.2, 0) is 0 Å². The topological polar surface area (TPSA) is 0 Å². The van der Waals surface area contributed by atoms with Gasteiger partial charge in [0.05, 0.1) is 0 Å². The number of hydrogen-bond acceptors (Lipinski definition) is 0. The molecule has 0 amide bonds. The first-order chi connectivity index (χ1) is 10.4. The molecule has 2 aliphatic carbocycles. The standard InChI is InChI=1S/C21H21/c1-2-6-17(7-3-1)21-9-5-4-8-18(21)12-13-20-15-16-10-11-19(20)14-16/h1-12,16,19-20H,13-15H2. The van der Waals surface area contributed by atoms with Crippen LogP contribution in [0.15, 0.2) is 66.7 Å². The van der Waals surface area contributed by atoms with Crippen LogP contribution in [0.1, 0.15) is 24.8 Å². The van der Waals surface area contributed by atoms with Gasteiger partial charge in [0, 0.05) is 0 Å². The molecule has 1 fully saturated rings. The average Bonchev–Trinajstić information content (AvgIpc) is 3.17. The first kappa shape index (κ1) is 12.9. The molecule has 21 heavy (non-hydrogen) atoms. The molecule has 3 unspecified atom stereocenters. The smallest absolute Gasteiger partial charge is 0.00838 e. The van der Waals surface area contributed by atoms with Crippen LogP contribution in [0.3, 0.4) is 0 Å². The van der Waals surface area contributed by atoms with Gasteiger partial charge in [-0.05, 0) is 60.1 Å². The molecule has 0 aliphatic heterocycles. The second kappa shape index (κ2) is 5.52. The molecule has 2 aromatic rings. The van der Waals surface area contributed by atoms with E-state index in [1.54, 1.807) is 0 Å². The summed E-state index contributed by atoms with van der Waals surface area (Å²) in [5.41, 5.74) is 4.06. The van der Waals surface area contributed by atoms with Crippen molar-refractivity contribution >= 4 is 0 Å². The summed E-state index contributed by atoms with van der Waals surface area (Å²) in [5, 5.41) is 0. The molecular formula is C21H21. The minimum Gasteiger partial charge on any atom is -0.0851 e. The highest BCUT2D eigenvalue weighted by Crippen LogP contribution is 2.45.